The first kappa shape index (κ1) is 25.1. The lowest BCUT2D eigenvalue weighted by Crippen LogP contribution is -2.49. The van der Waals surface area contributed by atoms with E-state index in [0.717, 1.165) is 16.5 Å². The van der Waals surface area contributed by atoms with Crippen LogP contribution in [0.5, 0.6) is 17.2 Å². The maximum atomic E-state index is 15.0. The number of methoxy groups -OCH3 is 1. The number of carboxylic acid groups (broad SMARTS) is 1. The quantitative estimate of drug-likeness (QED) is 0.302. The normalized spacial score (nSPS) is 17.4. The number of fused-ring (bicyclic) bond motifs is 1. The number of halogens is 2. The fourth-order valence-corrected chi connectivity index (χ4v) is 4.41. The predicted molar refractivity (Wildman–Crippen MR) is 137 cm³/mol. The molecular formula is C26H26F2N6O4. The number of likely N-dealkylation sites (tertiary alicyclic amines) is 1. The van der Waals surface area contributed by atoms with Crippen molar-refractivity contribution < 1.29 is 28.2 Å². The number of benzene rings is 2. The van der Waals surface area contributed by atoms with E-state index in [-0.39, 0.29) is 36.7 Å². The first-order valence-corrected chi connectivity index (χ1v) is 11.9. The Balaban J connectivity index is 1.53. The van der Waals surface area contributed by atoms with Crippen molar-refractivity contribution in [3.8, 4) is 17.2 Å². The molecule has 2 unspecified atom stereocenters. The van der Waals surface area contributed by atoms with Gasteiger partial charge in [0.05, 0.1) is 26.2 Å². The third-order valence-electron chi connectivity index (χ3n) is 6.40. The molecule has 198 valence electrons. The number of nitrogen functional groups attached to an aromatic ring is 1. The molecule has 1 amide bonds. The Morgan fingerprint density at radius 3 is 2.68 bits per heavy atom. The lowest BCUT2D eigenvalue weighted by atomic mass is 10.0. The van der Waals surface area contributed by atoms with E-state index >= 15 is 0 Å². The number of piperidine rings is 1. The van der Waals surface area contributed by atoms with Gasteiger partial charge in [-0.25, -0.2) is 23.2 Å². The molecule has 12 heteroatoms. The molecule has 38 heavy (non-hydrogen) atoms. The Hall–Kier alpha value is -4.61. The van der Waals surface area contributed by atoms with Crippen molar-refractivity contribution >= 4 is 28.6 Å². The molecule has 2 aromatic carbocycles. The van der Waals surface area contributed by atoms with Gasteiger partial charge in [0.1, 0.15) is 23.1 Å². The topological polar surface area (TPSA) is 128 Å². The molecule has 1 aliphatic rings. The van der Waals surface area contributed by atoms with Crippen LogP contribution < -0.4 is 20.5 Å². The molecule has 1 saturated heterocycles. The standard InChI is InChI=1S/C26H26F2N6O4/c1-37-17-5-2-15(3-6-17)13-34-25-23(22(8-10-30-25)38-21-7-4-16(29)12-18(21)27)24(32-34)31-20-9-11-33(26(35)36)14-19(20)28/h2-8,10,12,19-20H,9,11,13-14,29H2,1H3,(H,31,32)(H,35,36). The Labute approximate surface area is 216 Å². The number of amides is 1. The van der Waals surface area contributed by atoms with E-state index in [1.54, 1.807) is 17.9 Å². The Morgan fingerprint density at radius 1 is 1.21 bits per heavy atom. The number of anilines is 2. The van der Waals surface area contributed by atoms with Gasteiger partial charge in [0, 0.05) is 30.6 Å². The highest BCUT2D eigenvalue weighted by molar-refractivity contribution is 5.93. The average Bonchev–Trinajstić information content (AvgIpc) is 3.25. The van der Waals surface area contributed by atoms with Gasteiger partial charge in [0.15, 0.2) is 23.0 Å². The SMILES string of the molecule is COc1ccc(Cn2nc(NC3CCN(C(=O)O)CC3F)c3c(Oc4ccc(N)cc4F)ccnc32)cc1. The number of rotatable bonds is 7. The van der Waals surface area contributed by atoms with Crippen molar-refractivity contribution in [2.45, 2.75) is 25.2 Å². The summed E-state index contributed by atoms with van der Waals surface area (Å²) in [6.07, 6.45) is -0.863. The number of carbonyl (C=O) groups is 1. The molecule has 0 bridgehead atoms. The van der Waals surface area contributed by atoms with Crippen molar-refractivity contribution in [1.29, 1.82) is 0 Å². The molecule has 4 N–H and O–H groups in total. The largest absolute Gasteiger partial charge is 0.497 e. The number of alkyl halides is 1. The molecule has 1 aliphatic heterocycles. The molecule has 0 spiro atoms. The van der Waals surface area contributed by atoms with E-state index in [9.17, 15) is 18.7 Å². The van der Waals surface area contributed by atoms with E-state index in [2.05, 4.69) is 15.4 Å². The van der Waals surface area contributed by atoms with Crippen LogP contribution in [0.2, 0.25) is 0 Å². The molecule has 0 aliphatic carbocycles. The number of nitrogens with zero attached hydrogens (tertiary/aromatic N) is 4. The van der Waals surface area contributed by atoms with Gasteiger partial charge in [0.25, 0.3) is 0 Å². The number of aromatic nitrogens is 3. The second kappa shape index (κ2) is 10.4. The van der Waals surface area contributed by atoms with Crippen molar-refractivity contribution in [2.75, 3.05) is 31.2 Å². The summed E-state index contributed by atoms with van der Waals surface area (Å²) in [6, 6.07) is 12.4. The van der Waals surface area contributed by atoms with Crippen molar-refractivity contribution in [3.05, 3.63) is 66.1 Å². The highest BCUT2D eigenvalue weighted by Gasteiger charge is 2.33. The highest BCUT2D eigenvalue weighted by Crippen LogP contribution is 2.36. The van der Waals surface area contributed by atoms with Crippen molar-refractivity contribution in [1.82, 2.24) is 19.7 Å². The number of nitrogens with one attached hydrogen (secondary N) is 1. The highest BCUT2D eigenvalue weighted by atomic mass is 19.1. The van der Waals surface area contributed by atoms with E-state index < -0.39 is 24.1 Å². The third kappa shape index (κ3) is 5.10. The van der Waals surface area contributed by atoms with Gasteiger partial charge in [0.2, 0.25) is 0 Å². The summed E-state index contributed by atoms with van der Waals surface area (Å²) in [5.41, 5.74) is 7.27. The van der Waals surface area contributed by atoms with Gasteiger partial charge >= 0.3 is 6.09 Å². The monoisotopic (exact) mass is 524 g/mol. The zero-order valence-corrected chi connectivity index (χ0v) is 20.5. The van der Waals surface area contributed by atoms with E-state index in [1.165, 1.54) is 18.3 Å². The van der Waals surface area contributed by atoms with Crippen LogP contribution >= 0.6 is 0 Å². The number of hydrogen-bond donors (Lipinski definition) is 3. The zero-order chi connectivity index (χ0) is 26.8. The minimum atomic E-state index is -1.46. The number of hydrogen-bond acceptors (Lipinski definition) is 7. The molecule has 3 heterocycles. The molecule has 2 atom stereocenters. The third-order valence-corrected chi connectivity index (χ3v) is 6.40. The summed E-state index contributed by atoms with van der Waals surface area (Å²) < 4.78 is 42.3. The van der Waals surface area contributed by atoms with Crippen LogP contribution in [0.15, 0.2) is 54.7 Å². The maximum Gasteiger partial charge on any atom is 0.407 e. The van der Waals surface area contributed by atoms with Crippen LogP contribution in [0.3, 0.4) is 0 Å². The molecule has 0 radical (unpaired) electrons. The van der Waals surface area contributed by atoms with Crippen LogP contribution in [0.4, 0.5) is 25.1 Å². The van der Waals surface area contributed by atoms with Gasteiger partial charge in [-0.2, -0.15) is 5.10 Å². The van der Waals surface area contributed by atoms with Gasteiger partial charge in [-0.05, 0) is 36.2 Å². The minimum absolute atomic E-state index is 0.0429. The van der Waals surface area contributed by atoms with Crippen molar-refractivity contribution in [3.63, 3.8) is 0 Å². The van der Waals surface area contributed by atoms with Gasteiger partial charge < -0.3 is 30.5 Å². The Morgan fingerprint density at radius 2 is 2.00 bits per heavy atom. The second-order valence-electron chi connectivity index (χ2n) is 8.94. The van der Waals surface area contributed by atoms with Crippen LogP contribution in [-0.2, 0) is 6.54 Å². The van der Waals surface area contributed by atoms with Crippen LogP contribution in [0, 0.1) is 5.82 Å². The first-order chi connectivity index (χ1) is 18.3. The van der Waals surface area contributed by atoms with Crippen molar-refractivity contribution in [2.24, 2.45) is 0 Å². The molecule has 5 rings (SSSR count). The lowest BCUT2D eigenvalue weighted by molar-refractivity contribution is 0.101. The fourth-order valence-electron chi connectivity index (χ4n) is 4.41. The zero-order valence-electron chi connectivity index (χ0n) is 20.5. The smallest absolute Gasteiger partial charge is 0.407 e. The lowest BCUT2D eigenvalue weighted by Gasteiger charge is -2.33. The van der Waals surface area contributed by atoms with E-state index in [0.29, 0.717) is 29.1 Å². The van der Waals surface area contributed by atoms with E-state index in [1.807, 2.05) is 24.3 Å². The molecule has 1 fully saturated rings. The molecule has 4 aromatic rings. The van der Waals surface area contributed by atoms with E-state index in [4.69, 9.17) is 15.2 Å². The van der Waals surface area contributed by atoms with Crippen LogP contribution in [0.25, 0.3) is 11.0 Å². The van der Waals surface area contributed by atoms with Gasteiger partial charge in [-0.1, -0.05) is 12.1 Å². The maximum absolute atomic E-state index is 15.0. The minimum Gasteiger partial charge on any atom is -0.497 e. The number of nitrogens with two attached hydrogens (primary N) is 1. The summed E-state index contributed by atoms with van der Waals surface area (Å²) in [7, 11) is 1.59. The van der Waals surface area contributed by atoms with Gasteiger partial charge in [-0.15, -0.1) is 0 Å². The summed E-state index contributed by atoms with van der Waals surface area (Å²) in [4.78, 5) is 16.8. The molecule has 2 aromatic heterocycles. The second-order valence-corrected chi connectivity index (χ2v) is 8.94. The fraction of sp³-hybridized carbons (Fsp3) is 0.269. The summed E-state index contributed by atoms with van der Waals surface area (Å²) in [5, 5.41) is 17.5. The predicted octanol–water partition coefficient (Wildman–Crippen LogP) is 4.50. The molecule has 10 nitrogen and oxygen atoms in total. The summed E-state index contributed by atoms with van der Waals surface area (Å²) in [6.45, 7) is 0.261. The number of ether oxygens (including phenoxy) is 2. The summed E-state index contributed by atoms with van der Waals surface area (Å²) >= 11 is 0. The average molecular weight is 525 g/mol. The van der Waals surface area contributed by atoms with Crippen LogP contribution in [-0.4, -0.2) is 63.3 Å². The molecular weight excluding hydrogens is 498 g/mol. The first-order valence-electron chi connectivity index (χ1n) is 11.9. The van der Waals surface area contributed by atoms with Gasteiger partial charge in [-0.3, -0.25) is 0 Å². The Kier molecular flexibility index (Phi) is 6.86. The molecule has 0 saturated carbocycles. The summed E-state index contributed by atoms with van der Waals surface area (Å²) in [5.74, 6) is 0.588. The van der Waals surface area contributed by atoms with Crippen LogP contribution in [0.1, 0.15) is 12.0 Å². The number of pyridine rings is 1. The Bertz CT molecular complexity index is 1460.